The lowest BCUT2D eigenvalue weighted by atomic mass is 10.1. The van der Waals surface area contributed by atoms with E-state index in [1.54, 1.807) is 18.2 Å². The molecule has 0 amide bonds. The van der Waals surface area contributed by atoms with Gasteiger partial charge < -0.3 is 20.9 Å². The molecule has 0 atom stereocenters. The number of hydrogen-bond acceptors (Lipinski definition) is 8. The van der Waals surface area contributed by atoms with E-state index >= 15 is 0 Å². The number of thioether (sulfide) groups is 1. The zero-order valence-electron chi connectivity index (χ0n) is 12.3. The SMILES string of the molecule is Nc1cc(N)nc(SCC(=O)c2ccc3c(c2)OCCCO3)n1. The van der Waals surface area contributed by atoms with Gasteiger partial charge in [-0.2, -0.15) is 0 Å². The van der Waals surface area contributed by atoms with Crippen molar-refractivity contribution in [2.45, 2.75) is 11.6 Å². The second-order valence-electron chi connectivity index (χ2n) is 4.92. The van der Waals surface area contributed by atoms with E-state index in [1.807, 2.05) is 0 Å². The minimum Gasteiger partial charge on any atom is -0.490 e. The Kier molecular flexibility index (Phi) is 4.52. The number of nitrogens with two attached hydrogens (primary N) is 2. The van der Waals surface area contributed by atoms with Gasteiger partial charge in [0.1, 0.15) is 11.6 Å². The summed E-state index contributed by atoms with van der Waals surface area (Å²) >= 11 is 1.19. The van der Waals surface area contributed by atoms with Gasteiger partial charge in [0.05, 0.1) is 19.0 Å². The van der Waals surface area contributed by atoms with Gasteiger partial charge in [-0.25, -0.2) is 9.97 Å². The van der Waals surface area contributed by atoms with Crippen LogP contribution in [0.4, 0.5) is 11.6 Å². The van der Waals surface area contributed by atoms with Crippen molar-refractivity contribution in [2.75, 3.05) is 30.4 Å². The molecule has 1 aliphatic rings. The molecule has 0 unspecified atom stereocenters. The number of aromatic nitrogens is 2. The Labute approximate surface area is 137 Å². The first-order valence-corrected chi connectivity index (χ1v) is 8.06. The molecule has 2 heterocycles. The van der Waals surface area contributed by atoms with Crippen LogP contribution in [0.25, 0.3) is 0 Å². The van der Waals surface area contributed by atoms with Gasteiger partial charge in [0.25, 0.3) is 0 Å². The number of hydrogen-bond donors (Lipinski definition) is 2. The van der Waals surface area contributed by atoms with Crippen LogP contribution in [0.3, 0.4) is 0 Å². The second kappa shape index (κ2) is 6.74. The molecule has 23 heavy (non-hydrogen) atoms. The molecule has 4 N–H and O–H groups in total. The predicted molar refractivity (Wildman–Crippen MR) is 88.0 cm³/mol. The monoisotopic (exact) mass is 332 g/mol. The summed E-state index contributed by atoms with van der Waals surface area (Å²) in [6.45, 7) is 1.19. The lowest BCUT2D eigenvalue weighted by Gasteiger charge is -2.08. The summed E-state index contributed by atoms with van der Waals surface area (Å²) in [4.78, 5) is 20.4. The van der Waals surface area contributed by atoms with Crippen LogP contribution in [0.15, 0.2) is 29.4 Å². The molecule has 120 valence electrons. The van der Waals surface area contributed by atoms with Crippen LogP contribution in [-0.4, -0.2) is 34.7 Å². The topological polar surface area (TPSA) is 113 Å². The number of anilines is 2. The summed E-state index contributed by atoms with van der Waals surface area (Å²) in [6.07, 6.45) is 0.821. The minimum absolute atomic E-state index is 0.0600. The number of carbonyl (C=O) groups is 1. The molecule has 0 aliphatic carbocycles. The van der Waals surface area contributed by atoms with Gasteiger partial charge in [0, 0.05) is 18.1 Å². The number of Topliss-reactive ketones (excluding diaryl/α,β-unsaturated/α-hetero) is 1. The standard InChI is InChI=1S/C15H16N4O3S/c16-13-7-14(17)19-15(18-13)23-8-10(20)9-2-3-11-12(6-9)22-5-1-4-21-11/h2-3,6-7H,1,4-5,8H2,(H4,16,17,18,19). The fourth-order valence-electron chi connectivity index (χ4n) is 2.08. The van der Waals surface area contributed by atoms with E-state index < -0.39 is 0 Å². The smallest absolute Gasteiger partial charge is 0.191 e. The van der Waals surface area contributed by atoms with Crippen molar-refractivity contribution in [2.24, 2.45) is 0 Å². The first-order valence-electron chi connectivity index (χ1n) is 7.07. The van der Waals surface area contributed by atoms with E-state index in [4.69, 9.17) is 20.9 Å². The van der Waals surface area contributed by atoms with Gasteiger partial charge in [-0.05, 0) is 18.2 Å². The third kappa shape index (κ3) is 3.84. The van der Waals surface area contributed by atoms with E-state index in [-0.39, 0.29) is 23.2 Å². The van der Waals surface area contributed by atoms with Crippen LogP contribution in [0.5, 0.6) is 11.5 Å². The summed E-state index contributed by atoms with van der Waals surface area (Å²) in [5.41, 5.74) is 11.8. The molecule has 2 aromatic rings. The van der Waals surface area contributed by atoms with Crippen LogP contribution in [0.2, 0.25) is 0 Å². The molecule has 0 spiro atoms. The average molecular weight is 332 g/mol. The Morgan fingerprint density at radius 1 is 1.09 bits per heavy atom. The van der Waals surface area contributed by atoms with Crippen LogP contribution in [0.1, 0.15) is 16.8 Å². The predicted octanol–water partition coefficient (Wildman–Crippen LogP) is 1.78. The van der Waals surface area contributed by atoms with E-state index in [1.165, 1.54) is 17.8 Å². The third-order valence-corrected chi connectivity index (χ3v) is 3.99. The van der Waals surface area contributed by atoms with Crippen molar-refractivity contribution in [3.63, 3.8) is 0 Å². The molecule has 0 bridgehead atoms. The summed E-state index contributed by atoms with van der Waals surface area (Å²) in [5, 5.41) is 0.380. The fraction of sp³-hybridized carbons (Fsp3) is 0.267. The van der Waals surface area contributed by atoms with Gasteiger partial charge in [0.15, 0.2) is 22.4 Å². The number of nitrogen functional groups attached to an aromatic ring is 2. The van der Waals surface area contributed by atoms with Crippen molar-refractivity contribution < 1.29 is 14.3 Å². The molecular weight excluding hydrogens is 316 g/mol. The summed E-state index contributed by atoms with van der Waals surface area (Å²) in [5.74, 6) is 1.95. The summed E-state index contributed by atoms with van der Waals surface area (Å²) < 4.78 is 11.1. The zero-order valence-corrected chi connectivity index (χ0v) is 13.1. The third-order valence-electron chi connectivity index (χ3n) is 3.15. The number of rotatable bonds is 4. The van der Waals surface area contributed by atoms with Crippen LogP contribution >= 0.6 is 11.8 Å². The first kappa shape index (κ1) is 15.4. The molecule has 0 fully saturated rings. The number of fused-ring (bicyclic) bond motifs is 1. The average Bonchev–Trinajstić information content (AvgIpc) is 2.76. The Morgan fingerprint density at radius 2 is 1.78 bits per heavy atom. The molecule has 0 saturated heterocycles. The molecule has 7 nitrogen and oxygen atoms in total. The molecule has 0 radical (unpaired) electrons. The van der Waals surface area contributed by atoms with E-state index in [9.17, 15) is 4.79 Å². The quantitative estimate of drug-likeness (QED) is 0.495. The van der Waals surface area contributed by atoms with Crippen molar-refractivity contribution in [1.29, 1.82) is 0 Å². The summed E-state index contributed by atoms with van der Waals surface area (Å²) in [6, 6.07) is 6.66. The maximum absolute atomic E-state index is 12.3. The number of ketones is 1. The van der Waals surface area contributed by atoms with Gasteiger partial charge in [-0.15, -0.1) is 0 Å². The Balaban J connectivity index is 1.69. The highest BCUT2D eigenvalue weighted by molar-refractivity contribution is 7.99. The highest BCUT2D eigenvalue weighted by atomic mass is 32.2. The number of benzene rings is 1. The highest BCUT2D eigenvalue weighted by Crippen LogP contribution is 2.31. The Hall–Kier alpha value is -2.48. The van der Waals surface area contributed by atoms with Gasteiger partial charge >= 0.3 is 0 Å². The normalized spacial score (nSPS) is 13.4. The van der Waals surface area contributed by atoms with Gasteiger partial charge in [0.2, 0.25) is 0 Å². The van der Waals surface area contributed by atoms with Crippen LogP contribution < -0.4 is 20.9 Å². The Morgan fingerprint density at radius 3 is 2.52 bits per heavy atom. The molecule has 1 aromatic carbocycles. The van der Waals surface area contributed by atoms with Crippen LogP contribution in [-0.2, 0) is 0 Å². The van der Waals surface area contributed by atoms with Crippen molar-refractivity contribution in [3.8, 4) is 11.5 Å². The maximum Gasteiger partial charge on any atom is 0.191 e. The van der Waals surface area contributed by atoms with Crippen molar-refractivity contribution >= 4 is 29.2 Å². The molecule has 1 aromatic heterocycles. The van der Waals surface area contributed by atoms with E-state index in [0.29, 0.717) is 35.4 Å². The molecule has 1 aliphatic heterocycles. The summed E-state index contributed by atoms with van der Waals surface area (Å²) in [7, 11) is 0. The first-order chi connectivity index (χ1) is 11.1. The fourth-order valence-corrected chi connectivity index (χ4v) is 2.84. The molecular formula is C15H16N4O3S. The largest absolute Gasteiger partial charge is 0.490 e. The lowest BCUT2D eigenvalue weighted by molar-refractivity contribution is 0.102. The molecule has 3 rings (SSSR count). The molecule has 8 heteroatoms. The van der Waals surface area contributed by atoms with Crippen molar-refractivity contribution in [1.82, 2.24) is 9.97 Å². The number of nitrogens with zero attached hydrogens (tertiary/aromatic N) is 2. The minimum atomic E-state index is -0.0600. The van der Waals surface area contributed by atoms with Gasteiger partial charge in [-0.3, -0.25) is 4.79 Å². The highest BCUT2D eigenvalue weighted by Gasteiger charge is 2.15. The Bertz CT molecular complexity index is 718. The molecule has 0 saturated carbocycles. The van der Waals surface area contributed by atoms with E-state index in [0.717, 1.165) is 6.42 Å². The van der Waals surface area contributed by atoms with Gasteiger partial charge in [-0.1, -0.05) is 11.8 Å². The zero-order chi connectivity index (χ0) is 16.2. The lowest BCUT2D eigenvalue weighted by Crippen LogP contribution is -2.05. The van der Waals surface area contributed by atoms with E-state index in [2.05, 4.69) is 9.97 Å². The van der Waals surface area contributed by atoms with Crippen LogP contribution in [0, 0.1) is 0 Å². The number of carbonyl (C=O) groups excluding carboxylic acids is 1. The second-order valence-corrected chi connectivity index (χ2v) is 5.87. The number of ether oxygens (including phenoxy) is 2. The maximum atomic E-state index is 12.3. The van der Waals surface area contributed by atoms with Crippen molar-refractivity contribution in [3.05, 3.63) is 29.8 Å².